The lowest BCUT2D eigenvalue weighted by atomic mass is 9.88. The molecule has 0 radical (unpaired) electrons. The largest absolute Gasteiger partial charge is 0.496 e. The van der Waals surface area contributed by atoms with Crippen LogP contribution in [0.25, 0.3) is 11.4 Å². The van der Waals surface area contributed by atoms with Crippen molar-refractivity contribution in [1.29, 1.82) is 0 Å². The molecule has 0 saturated carbocycles. The summed E-state index contributed by atoms with van der Waals surface area (Å²) in [7, 11) is 3.53. The van der Waals surface area contributed by atoms with E-state index in [0.717, 1.165) is 17.7 Å². The van der Waals surface area contributed by atoms with Gasteiger partial charge in [-0.25, -0.2) is 0 Å². The Bertz CT molecular complexity index is 1170. The third kappa shape index (κ3) is 5.66. The van der Waals surface area contributed by atoms with E-state index in [0.29, 0.717) is 17.5 Å². The van der Waals surface area contributed by atoms with Crippen molar-refractivity contribution < 1.29 is 9.53 Å². The average molecular weight is 473 g/mol. The van der Waals surface area contributed by atoms with E-state index in [1.54, 1.807) is 7.11 Å². The van der Waals surface area contributed by atoms with Gasteiger partial charge in [0, 0.05) is 19.5 Å². The van der Waals surface area contributed by atoms with Gasteiger partial charge in [0.2, 0.25) is 5.91 Å². The highest BCUT2D eigenvalue weighted by atomic mass is 32.2. The van der Waals surface area contributed by atoms with Gasteiger partial charge in [0.25, 0.3) is 0 Å². The van der Waals surface area contributed by atoms with Gasteiger partial charge >= 0.3 is 0 Å². The first-order valence-electron chi connectivity index (χ1n) is 11.2. The number of ether oxygens (including phenoxy) is 1. The van der Waals surface area contributed by atoms with E-state index in [-0.39, 0.29) is 17.6 Å². The lowest BCUT2D eigenvalue weighted by Gasteiger charge is -2.18. The van der Waals surface area contributed by atoms with E-state index in [1.807, 2.05) is 48.0 Å². The van der Waals surface area contributed by atoms with Crippen LogP contribution in [0.1, 0.15) is 23.5 Å². The summed E-state index contributed by atoms with van der Waals surface area (Å²) in [6.45, 7) is 0.596. The molecule has 34 heavy (non-hydrogen) atoms. The predicted octanol–water partition coefficient (Wildman–Crippen LogP) is 4.92. The lowest BCUT2D eigenvalue weighted by Crippen LogP contribution is -2.27. The van der Waals surface area contributed by atoms with Crippen molar-refractivity contribution in [3.05, 3.63) is 96.1 Å². The number of nitrogens with zero attached hydrogens (tertiary/aromatic N) is 3. The fourth-order valence-corrected chi connectivity index (χ4v) is 4.68. The summed E-state index contributed by atoms with van der Waals surface area (Å²) in [6, 6.07) is 28.5. The number of hydrogen-bond donors (Lipinski definition) is 1. The number of hydrogen-bond acceptors (Lipinski definition) is 5. The fourth-order valence-electron chi connectivity index (χ4n) is 3.94. The molecule has 0 unspecified atom stereocenters. The predicted molar refractivity (Wildman–Crippen MR) is 136 cm³/mol. The average Bonchev–Trinajstić information content (AvgIpc) is 3.26. The first-order chi connectivity index (χ1) is 16.7. The van der Waals surface area contributed by atoms with Crippen molar-refractivity contribution in [2.45, 2.75) is 17.5 Å². The Morgan fingerprint density at radius 2 is 1.56 bits per heavy atom. The molecule has 0 aliphatic carbocycles. The van der Waals surface area contributed by atoms with E-state index in [2.05, 4.69) is 64.0 Å². The molecule has 4 aromatic rings. The van der Waals surface area contributed by atoms with Crippen molar-refractivity contribution in [3.8, 4) is 17.1 Å². The summed E-state index contributed by atoms with van der Waals surface area (Å²) in [6.07, 6.45) is 0.826. The highest BCUT2D eigenvalue weighted by Crippen LogP contribution is 2.30. The number of aromatic nitrogens is 3. The SMILES string of the molecule is COc1ccccc1-c1nnc(SCC(=O)NCCC(c2ccccc2)c2ccccc2)n1C. The molecular formula is C27H28N4O2S. The van der Waals surface area contributed by atoms with E-state index in [4.69, 9.17) is 4.74 Å². The minimum Gasteiger partial charge on any atom is -0.496 e. The van der Waals surface area contributed by atoms with E-state index in [1.165, 1.54) is 22.9 Å². The number of methoxy groups -OCH3 is 1. The molecule has 1 heterocycles. The molecule has 6 nitrogen and oxygen atoms in total. The molecule has 1 N–H and O–H groups in total. The molecule has 0 bridgehead atoms. The maximum absolute atomic E-state index is 12.6. The first-order valence-corrected chi connectivity index (χ1v) is 12.2. The molecule has 0 atom stereocenters. The summed E-state index contributed by atoms with van der Waals surface area (Å²) in [5.74, 6) is 1.93. The number of rotatable bonds is 10. The molecule has 1 aromatic heterocycles. The third-order valence-corrected chi connectivity index (χ3v) is 6.69. The molecule has 0 aliphatic heterocycles. The van der Waals surface area contributed by atoms with Gasteiger partial charge in [0.05, 0.1) is 18.4 Å². The Balaban J connectivity index is 1.33. The van der Waals surface area contributed by atoms with Gasteiger partial charge in [-0.3, -0.25) is 4.79 Å². The van der Waals surface area contributed by atoms with Crippen LogP contribution in [0.5, 0.6) is 5.75 Å². The first kappa shape index (κ1) is 23.6. The third-order valence-electron chi connectivity index (χ3n) is 5.67. The maximum Gasteiger partial charge on any atom is 0.230 e. The molecular weight excluding hydrogens is 444 g/mol. The molecule has 7 heteroatoms. The normalized spacial score (nSPS) is 10.9. The standard InChI is InChI=1S/C27H28N4O2S/c1-31-26(23-15-9-10-16-24(23)33-2)29-30-27(31)34-19-25(32)28-18-17-22(20-11-5-3-6-12-20)21-13-7-4-8-14-21/h3-16,22H,17-19H2,1-2H3,(H,28,32). The second kappa shape index (κ2) is 11.5. The number of thioether (sulfide) groups is 1. The monoisotopic (exact) mass is 472 g/mol. The zero-order valence-corrected chi connectivity index (χ0v) is 20.2. The second-order valence-electron chi connectivity index (χ2n) is 7.87. The molecule has 0 saturated heterocycles. The number of nitrogens with one attached hydrogen (secondary N) is 1. The molecule has 0 fully saturated rings. The summed E-state index contributed by atoms with van der Waals surface area (Å²) in [5.41, 5.74) is 3.37. The van der Waals surface area contributed by atoms with Gasteiger partial charge in [-0.05, 0) is 29.7 Å². The van der Waals surface area contributed by atoms with Crippen molar-refractivity contribution in [2.75, 3.05) is 19.4 Å². The smallest absolute Gasteiger partial charge is 0.230 e. The molecule has 0 aliphatic rings. The highest BCUT2D eigenvalue weighted by molar-refractivity contribution is 7.99. The maximum atomic E-state index is 12.6. The zero-order valence-electron chi connectivity index (χ0n) is 19.3. The fraction of sp³-hybridized carbons (Fsp3) is 0.222. The molecule has 174 valence electrons. The second-order valence-corrected chi connectivity index (χ2v) is 8.81. The van der Waals surface area contributed by atoms with E-state index < -0.39 is 0 Å². The van der Waals surface area contributed by atoms with Gasteiger partial charge in [0.1, 0.15) is 5.75 Å². The molecule has 3 aromatic carbocycles. The van der Waals surface area contributed by atoms with Crippen LogP contribution in [0.2, 0.25) is 0 Å². The minimum absolute atomic E-state index is 0.0216. The highest BCUT2D eigenvalue weighted by Gasteiger charge is 2.17. The van der Waals surface area contributed by atoms with Crippen LogP contribution in [0.15, 0.2) is 90.1 Å². The van der Waals surface area contributed by atoms with Crippen LogP contribution in [0.4, 0.5) is 0 Å². The summed E-state index contributed by atoms with van der Waals surface area (Å²) < 4.78 is 7.32. The van der Waals surface area contributed by atoms with E-state index in [9.17, 15) is 4.79 Å². The van der Waals surface area contributed by atoms with Crippen LogP contribution in [-0.2, 0) is 11.8 Å². The summed E-state index contributed by atoms with van der Waals surface area (Å²) in [5, 5.41) is 12.3. The van der Waals surface area contributed by atoms with Crippen LogP contribution in [-0.4, -0.2) is 40.1 Å². The van der Waals surface area contributed by atoms with E-state index >= 15 is 0 Å². The van der Waals surface area contributed by atoms with Crippen molar-refractivity contribution in [3.63, 3.8) is 0 Å². The van der Waals surface area contributed by atoms with Crippen LogP contribution in [0.3, 0.4) is 0 Å². The quantitative estimate of drug-likeness (QED) is 0.332. The Morgan fingerprint density at radius 3 is 2.21 bits per heavy atom. The van der Waals surface area contributed by atoms with Crippen molar-refractivity contribution >= 4 is 17.7 Å². The zero-order chi connectivity index (χ0) is 23.8. The Morgan fingerprint density at radius 1 is 0.941 bits per heavy atom. The summed E-state index contributed by atoms with van der Waals surface area (Å²) >= 11 is 1.37. The van der Waals surface area contributed by atoms with Crippen LogP contribution >= 0.6 is 11.8 Å². The van der Waals surface area contributed by atoms with Gasteiger partial charge in [-0.1, -0.05) is 84.6 Å². The Kier molecular flexibility index (Phi) is 7.99. The molecule has 4 rings (SSSR count). The van der Waals surface area contributed by atoms with Crippen molar-refractivity contribution in [1.82, 2.24) is 20.1 Å². The minimum atomic E-state index is -0.0216. The van der Waals surface area contributed by atoms with Crippen LogP contribution in [0, 0.1) is 0 Å². The van der Waals surface area contributed by atoms with Gasteiger partial charge in [-0.2, -0.15) is 0 Å². The number of amides is 1. The number of carbonyl (C=O) groups is 1. The summed E-state index contributed by atoms with van der Waals surface area (Å²) in [4.78, 5) is 12.6. The van der Waals surface area contributed by atoms with Crippen LogP contribution < -0.4 is 10.1 Å². The van der Waals surface area contributed by atoms with Gasteiger partial charge in [0.15, 0.2) is 11.0 Å². The molecule has 0 spiro atoms. The van der Waals surface area contributed by atoms with Gasteiger partial charge in [-0.15, -0.1) is 10.2 Å². The van der Waals surface area contributed by atoms with Gasteiger partial charge < -0.3 is 14.6 Å². The number of benzene rings is 3. The topological polar surface area (TPSA) is 69.0 Å². The van der Waals surface area contributed by atoms with Crippen molar-refractivity contribution in [2.24, 2.45) is 7.05 Å². The lowest BCUT2D eigenvalue weighted by molar-refractivity contribution is -0.118. The Hall–Kier alpha value is -3.58. The number of para-hydroxylation sites is 1. The molecule has 1 amide bonds. The Labute approximate surface area is 204 Å². The number of carbonyl (C=O) groups excluding carboxylic acids is 1.